The van der Waals surface area contributed by atoms with E-state index in [1.165, 1.54) is 11.6 Å². The van der Waals surface area contributed by atoms with Crippen LogP contribution in [0.15, 0.2) is 71.5 Å². The van der Waals surface area contributed by atoms with Gasteiger partial charge in [0.1, 0.15) is 17.3 Å². The SMILES string of the molecule is Cn1c(=O)c(N(C(N)=O)c2ccc(F)cc2F)c(-c2ccccc2)c2cc(Cl)ccc21. The first-order valence-electron chi connectivity index (χ1n) is 9.22. The Balaban J connectivity index is 2.20. The highest BCUT2D eigenvalue weighted by atomic mass is 35.5. The molecule has 31 heavy (non-hydrogen) atoms. The summed E-state index contributed by atoms with van der Waals surface area (Å²) in [7, 11) is 1.52. The van der Waals surface area contributed by atoms with Crippen molar-refractivity contribution >= 4 is 39.9 Å². The van der Waals surface area contributed by atoms with Crippen LogP contribution in [0, 0.1) is 11.6 Å². The highest BCUT2D eigenvalue weighted by Crippen LogP contribution is 2.39. The number of primary amides is 1. The van der Waals surface area contributed by atoms with E-state index < -0.39 is 23.2 Å². The standard InChI is InChI=1S/C23H16ClF2N3O2/c1-28-18-9-7-14(24)11-16(18)20(13-5-3-2-4-6-13)21(22(28)30)29(23(27)31)19-10-8-15(25)12-17(19)26/h2-12H,1H3,(H2,27,31). The number of rotatable bonds is 3. The summed E-state index contributed by atoms with van der Waals surface area (Å²) in [6.07, 6.45) is 0. The fourth-order valence-corrected chi connectivity index (χ4v) is 3.79. The maximum atomic E-state index is 14.7. The number of amides is 2. The molecule has 0 fully saturated rings. The van der Waals surface area contributed by atoms with Crippen molar-refractivity contribution in [3.8, 4) is 11.1 Å². The van der Waals surface area contributed by atoms with Crippen LogP contribution in [0.5, 0.6) is 0 Å². The lowest BCUT2D eigenvalue weighted by atomic mass is 9.98. The molecule has 0 radical (unpaired) electrons. The van der Waals surface area contributed by atoms with Crippen molar-refractivity contribution in [2.75, 3.05) is 4.90 Å². The van der Waals surface area contributed by atoms with Crippen LogP contribution in [0.3, 0.4) is 0 Å². The fraction of sp³-hybridized carbons (Fsp3) is 0.0435. The molecule has 0 aliphatic heterocycles. The molecule has 0 aliphatic carbocycles. The second-order valence-electron chi connectivity index (χ2n) is 6.88. The maximum Gasteiger partial charge on any atom is 0.324 e. The largest absolute Gasteiger partial charge is 0.351 e. The maximum absolute atomic E-state index is 14.7. The van der Waals surface area contributed by atoms with Gasteiger partial charge in [0.15, 0.2) is 0 Å². The number of benzene rings is 3. The Morgan fingerprint density at radius 1 is 1.03 bits per heavy atom. The van der Waals surface area contributed by atoms with Crippen LogP contribution in [-0.4, -0.2) is 10.6 Å². The van der Waals surface area contributed by atoms with E-state index in [2.05, 4.69) is 0 Å². The Morgan fingerprint density at radius 2 is 1.74 bits per heavy atom. The summed E-state index contributed by atoms with van der Waals surface area (Å²) in [5.41, 5.74) is 6.01. The highest BCUT2D eigenvalue weighted by Gasteiger charge is 2.28. The number of carbonyl (C=O) groups is 1. The van der Waals surface area contributed by atoms with Crippen molar-refractivity contribution in [3.05, 3.63) is 93.7 Å². The summed E-state index contributed by atoms with van der Waals surface area (Å²) < 4.78 is 29.5. The van der Waals surface area contributed by atoms with E-state index in [1.54, 1.807) is 48.5 Å². The number of hydrogen-bond donors (Lipinski definition) is 1. The van der Waals surface area contributed by atoms with Crippen molar-refractivity contribution in [1.82, 2.24) is 4.57 Å². The van der Waals surface area contributed by atoms with Crippen LogP contribution in [0.1, 0.15) is 0 Å². The molecule has 8 heteroatoms. The first-order valence-corrected chi connectivity index (χ1v) is 9.59. The van der Waals surface area contributed by atoms with E-state index in [4.69, 9.17) is 17.3 Å². The second-order valence-corrected chi connectivity index (χ2v) is 7.32. The Kier molecular flexibility index (Phi) is 5.20. The molecule has 0 aliphatic rings. The molecule has 4 rings (SSSR count). The number of aromatic nitrogens is 1. The number of carbonyl (C=O) groups excluding carboxylic acids is 1. The van der Waals surface area contributed by atoms with Gasteiger partial charge in [-0.1, -0.05) is 41.9 Å². The van der Waals surface area contributed by atoms with Crippen LogP contribution < -0.4 is 16.2 Å². The van der Waals surface area contributed by atoms with Crippen LogP contribution >= 0.6 is 11.6 Å². The molecule has 0 spiro atoms. The first-order chi connectivity index (χ1) is 14.8. The van der Waals surface area contributed by atoms with E-state index >= 15 is 0 Å². The third-order valence-electron chi connectivity index (χ3n) is 4.99. The molecule has 0 unspecified atom stereocenters. The van der Waals surface area contributed by atoms with Crippen LogP contribution in [0.2, 0.25) is 5.02 Å². The highest BCUT2D eigenvalue weighted by molar-refractivity contribution is 6.31. The number of fused-ring (bicyclic) bond motifs is 1. The van der Waals surface area contributed by atoms with Gasteiger partial charge in [0.05, 0.1) is 11.2 Å². The number of pyridine rings is 1. The number of anilines is 2. The van der Waals surface area contributed by atoms with Gasteiger partial charge in [0.2, 0.25) is 0 Å². The molecule has 0 bridgehead atoms. The fourth-order valence-electron chi connectivity index (χ4n) is 3.62. The zero-order valence-corrected chi connectivity index (χ0v) is 17.0. The summed E-state index contributed by atoms with van der Waals surface area (Å²) in [5, 5.41) is 0.970. The third-order valence-corrected chi connectivity index (χ3v) is 5.23. The summed E-state index contributed by atoms with van der Waals surface area (Å²) in [6.45, 7) is 0. The van der Waals surface area contributed by atoms with Gasteiger partial charge in [0, 0.05) is 29.1 Å². The number of halogens is 3. The summed E-state index contributed by atoms with van der Waals surface area (Å²) in [6, 6.07) is 15.4. The lowest BCUT2D eigenvalue weighted by Gasteiger charge is -2.25. The van der Waals surface area contributed by atoms with Gasteiger partial charge in [-0.2, -0.15) is 0 Å². The van der Waals surface area contributed by atoms with Gasteiger partial charge >= 0.3 is 6.03 Å². The van der Waals surface area contributed by atoms with Gasteiger partial charge in [0.25, 0.3) is 5.56 Å². The molecule has 0 saturated heterocycles. The number of urea groups is 1. The van der Waals surface area contributed by atoms with Gasteiger partial charge in [-0.15, -0.1) is 0 Å². The number of aryl methyl sites for hydroxylation is 1. The zero-order valence-electron chi connectivity index (χ0n) is 16.3. The monoisotopic (exact) mass is 439 g/mol. The summed E-state index contributed by atoms with van der Waals surface area (Å²) >= 11 is 6.23. The zero-order chi connectivity index (χ0) is 22.3. The number of nitrogens with two attached hydrogens (primary N) is 1. The second kappa shape index (κ2) is 7.85. The van der Waals surface area contributed by atoms with Crippen LogP contribution in [0.4, 0.5) is 25.0 Å². The average Bonchev–Trinajstić information content (AvgIpc) is 2.73. The topological polar surface area (TPSA) is 68.3 Å². The lowest BCUT2D eigenvalue weighted by Crippen LogP contribution is -2.37. The van der Waals surface area contributed by atoms with E-state index in [0.717, 1.165) is 17.0 Å². The molecule has 156 valence electrons. The molecule has 2 N–H and O–H groups in total. The molecule has 0 saturated carbocycles. The van der Waals surface area contributed by atoms with E-state index in [1.807, 2.05) is 0 Å². The van der Waals surface area contributed by atoms with E-state index in [9.17, 15) is 18.4 Å². The summed E-state index contributed by atoms with van der Waals surface area (Å²) in [4.78, 5) is 26.7. The predicted octanol–water partition coefficient (Wildman–Crippen LogP) is 5.35. The molecule has 1 heterocycles. The van der Waals surface area contributed by atoms with E-state index in [0.29, 0.717) is 33.1 Å². The minimum absolute atomic E-state index is 0.165. The Bertz CT molecular complexity index is 1390. The minimum Gasteiger partial charge on any atom is -0.351 e. The average molecular weight is 440 g/mol. The Hall–Kier alpha value is -3.71. The molecular weight excluding hydrogens is 424 g/mol. The van der Waals surface area contributed by atoms with Crippen molar-refractivity contribution in [1.29, 1.82) is 0 Å². The van der Waals surface area contributed by atoms with Crippen LogP contribution in [-0.2, 0) is 7.05 Å². The smallest absolute Gasteiger partial charge is 0.324 e. The van der Waals surface area contributed by atoms with Gasteiger partial charge in [-0.3, -0.25) is 9.69 Å². The van der Waals surface area contributed by atoms with Crippen molar-refractivity contribution in [3.63, 3.8) is 0 Å². The van der Waals surface area contributed by atoms with Crippen molar-refractivity contribution < 1.29 is 13.6 Å². The molecule has 5 nitrogen and oxygen atoms in total. The van der Waals surface area contributed by atoms with Gasteiger partial charge in [-0.05, 0) is 35.9 Å². The molecule has 0 atom stereocenters. The summed E-state index contributed by atoms with van der Waals surface area (Å²) in [5.74, 6) is -1.86. The van der Waals surface area contributed by atoms with Crippen molar-refractivity contribution in [2.24, 2.45) is 12.8 Å². The Labute approximate surface area is 180 Å². The lowest BCUT2D eigenvalue weighted by molar-refractivity contribution is 0.256. The minimum atomic E-state index is -1.10. The molecule has 1 aromatic heterocycles. The van der Waals surface area contributed by atoms with Crippen molar-refractivity contribution in [2.45, 2.75) is 0 Å². The number of hydrogen-bond acceptors (Lipinski definition) is 2. The predicted molar refractivity (Wildman–Crippen MR) is 118 cm³/mol. The molecular formula is C23H16ClF2N3O2. The normalized spacial score (nSPS) is 11.0. The van der Waals surface area contributed by atoms with Gasteiger partial charge in [-0.25, -0.2) is 13.6 Å². The molecule has 2 amide bonds. The van der Waals surface area contributed by atoms with Gasteiger partial charge < -0.3 is 10.3 Å². The van der Waals surface area contributed by atoms with Crippen LogP contribution in [0.25, 0.3) is 22.0 Å². The number of nitrogens with zero attached hydrogens (tertiary/aromatic N) is 2. The molecule has 4 aromatic rings. The third kappa shape index (κ3) is 3.53. The first kappa shape index (κ1) is 20.6. The molecule has 3 aromatic carbocycles. The Morgan fingerprint density at radius 3 is 2.39 bits per heavy atom. The van der Waals surface area contributed by atoms with E-state index in [-0.39, 0.29) is 11.4 Å². The quantitative estimate of drug-likeness (QED) is 0.467.